The van der Waals surface area contributed by atoms with Crippen LogP contribution in [0.5, 0.6) is 0 Å². The summed E-state index contributed by atoms with van der Waals surface area (Å²) in [5, 5.41) is 14.1. The first-order valence-corrected chi connectivity index (χ1v) is 8.37. The van der Waals surface area contributed by atoms with Gasteiger partial charge in [0.05, 0.1) is 4.92 Å². The van der Waals surface area contributed by atoms with Crippen molar-refractivity contribution in [3.05, 3.63) is 69.8 Å². The van der Waals surface area contributed by atoms with Crippen LogP contribution in [-0.2, 0) is 0 Å². The molecule has 0 bridgehead atoms. The molecule has 0 aliphatic carbocycles. The summed E-state index contributed by atoms with van der Waals surface area (Å²) in [7, 11) is 0. The summed E-state index contributed by atoms with van der Waals surface area (Å²) in [4.78, 5) is 10.3. The van der Waals surface area contributed by atoms with Crippen molar-refractivity contribution >= 4 is 23.5 Å². The van der Waals surface area contributed by atoms with Gasteiger partial charge in [-0.05, 0) is 48.7 Å². The molecule has 4 nitrogen and oxygen atoms in total. The molecule has 0 amide bonds. The van der Waals surface area contributed by atoms with Gasteiger partial charge in [0.1, 0.15) is 0 Å². The van der Waals surface area contributed by atoms with Gasteiger partial charge in [-0.25, -0.2) is 0 Å². The van der Waals surface area contributed by atoms with Gasteiger partial charge in [0, 0.05) is 23.9 Å². The number of unbranched alkanes of at least 4 members (excludes halogenated alkanes) is 1. The molecule has 0 saturated heterocycles. The van der Waals surface area contributed by atoms with Gasteiger partial charge in [0.15, 0.2) is 0 Å². The maximum absolute atomic E-state index is 10.6. The Morgan fingerprint density at radius 2 is 1.58 bits per heavy atom. The largest absolute Gasteiger partial charge is 0.383 e. The van der Waals surface area contributed by atoms with E-state index in [2.05, 4.69) is 43.4 Å². The number of nitro benzene ring substituents is 1. The predicted octanol–water partition coefficient (Wildman–Crippen LogP) is 5.76. The van der Waals surface area contributed by atoms with Gasteiger partial charge in [-0.3, -0.25) is 10.1 Å². The highest BCUT2D eigenvalue weighted by Gasteiger charge is 2.03. The number of nitrogens with zero attached hydrogens (tertiary/aromatic N) is 1. The van der Waals surface area contributed by atoms with E-state index in [1.807, 2.05) is 12.2 Å². The molecule has 126 valence electrons. The minimum Gasteiger partial charge on any atom is -0.383 e. The normalized spacial score (nSPS) is 12.2. The lowest BCUT2D eigenvalue weighted by molar-refractivity contribution is -0.384. The van der Waals surface area contributed by atoms with Gasteiger partial charge in [0.2, 0.25) is 0 Å². The van der Waals surface area contributed by atoms with Crippen LogP contribution >= 0.6 is 0 Å². The zero-order chi connectivity index (χ0) is 17.4. The molecule has 0 aliphatic heterocycles. The van der Waals surface area contributed by atoms with Crippen LogP contribution < -0.4 is 5.32 Å². The van der Waals surface area contributed by atoms with Gasteiger partial charge in [-0.1, -0.05) is 44.1 Å². The number of non-ortho nitro benzene ring substituents is 1. The number of rotatable bonds is 8. The maximum Gasteiger partial charge on any atom is 0.269 e. The average molecular weight is 324 g/mol. The minimum atomic E-state index is -0.388. The molecule has 0 aliphatic rings. The topological polar surface area (TPSA) is 55.2 Å². The molecule has 0 fully saturated rings. The van der Waals surface area contributed by atoms with Crippen LogP contribution in [0.3, 0.4) is 0 Å². The van der Waals surface area contributed by atoms with E-state index in [0.29, 0.717) is 6.04 Å². The first-order chi connectivity index (χ1) is 11.6. The highest BCUT2D eigenvalue weighted by Crippen LogP contribution is 2.16. The van der Waals surface area contributed by atoms with Crippen LogP contribution in [-0.4, -0.2) is 11.0 Å². The summed E-state index contributed by atoms with van der Waals surface area (Å²) < 4.78 is 0. The third-order valence-corrected chi connectivity index (χ3v) is 3.89. The Morgan fingerprint density at radius 3 is 2.08 bits per heavy atom. The monoisotopic (exact) mass is 324 g/mol. The predicted molar refractivity (Wildman–Crippen MR) is 101 cm³/mol. The molecule has 24 heavy (non-hydrogen) atoms. The van der Waals surface area contributed by atoms with Crippen LogP contribution in [0.2, 0.25) is 0 Å². The molecule has 0 spiro atoms. The lowest BCUT2D eigenvalue weighted by Crippen LogP contribution is -2.14. The van der Waals surface area contributed by atoms with Gasteiger partial charge in [0.25, 0.3) is 5.69 Å². The zero-order valence-corrected chi connectivity index (χ0v) is 14.2. The quantitative estimate of drug-likeness (QED) is 0.382. The molecule has 0 radical (unpaired) electrons. The molecular formula is C20H24N2O2. The maximum atomic E-state index is 10.6. The number of hydrogen-bond donors (Lipinski definition) is 1. The van der Waals surface area contributed by atoms with E-state index < -0.39 is 0 Å². The van der Waals surface area contributed by atoms with E-state index in [1.54, 1.807) is 12.1 Å². The Labute approximate surface area is 143 Å². The second-order valence-corrected chi connectivity index (χ2v) is 5.99. The number of nitrogens with one attached hydrogen (secondary N) is 1. The number of anilines is 1. The molecule has 1 N–H and O–H groups in total. The Hall–Kier alpha value is -2.62. The fraction of sp³-hybridized carbons (Fsp3) is 0.300. The first-order valence-electron chi connectivity index (χ1n) is 8.37. The van der Waals surface area contributed by atoms with E-state index >= 15 is 0 Å². The lowest BCUT2D eigenvalue weighted by atomic mass is 10.1. The highest BCUT2D eigenvalue weighted by atomic mass is 16.6. The van der Waals surface area contributed by atoms with Crippen molar-refractivity contribution in [2.24, 2.45) is 0 Å². The Morgan fingerprint density at radius 1 is 1.04 bits per heavy atom. The molecule has 0 aromatic heterocycles. The summed E-state index contributed by atoms with van der Waals surface area (Å²) in [6.45, 7) is 4.41. The van der Waals surface area contributed by atoms with Gasteiger partial charge in [-0.2, -0.15) is 0 Å². The van der Waals surface area contributed by atoms with Crippen molar-refractivity contribution in [2.75, 3.05) is 5.32 Å². The van der Waals surface area contributed by atoms with E-state index in [0.717, 1.165) is 16.8 Å². The van der Waals surface area contributed by atoms with Gasteiger partial charge < -0.3 is 5.32 Å². The van der Waals surface area contributed by atoms with Crippen molar-refractivity contribution in [1.82, 2.24) is 0 Å². The van der Waals surface area contributed by atoms with Crippen LogP contribution in [0.25, 0.3) is 12.2 Å². The molecule has 1 unspecified atom stereocenters. The highest BCUT2D eigenvalue weighted by molar-refractivity contribution is 5.70. The molecule has 4 heteroatoms. The van der Waals surface area contributed by atoms with Crippen molar-refractivity contribution in [3.63, 3.8) is 0 Å². The van der Waals surface area contributed by atoms with Crippen LogP contribution in [0.4, 0.5) is 11.4 Å². The molecule has 1 atom stereocenters. The van der Waals surface area contributed by atoms with E-state index in [9.17, 15) is 10.1 Å². The molecule has 0 saturated carbocycles. The van der Waals surface area contributed by atoms with E-state index in [-0.39, 0.29) is 10.6 Å². The summed E-state index contributed by atoms with van der Waals surface area (Å²) in [6.07, 6.45) is 7.60. The SMILES string of the molecule is CCCCC(C)Nc1ccc(/C=C/c2ccc([N+](=O)[O-])cc2)cc1. The molecule has 2 rings (SSSR count). The van der Waals surface area contributed by atoms with Crippen LogP contribution in [0.15, 0.2) is 48.5 Å². The standard InChI is InChI=1S/C20H24N2O2/c1-3-4-5-16(2)21-19-12-8-17(9-13-19)6-7-18-10-14-20(15-11-18)22(23)24/h6-16,21H,3-5H2,1-2H3/b7-6+. The molecule has 0 heterocycles. The Bertz CT molecular complexity index is 676. The smallest absolute Gasteiger partial charge is 0.269 e. The zero-order valence-electron chi connectivity index (χ0n) is 14.2. The molecule has 2 aromatic rings. The fourth-order valence-electron chi connectivity index (χ4n) is 2.46. The number of benzene rings is 2. The van der Waals surface area contributed by atoms with Crippen molar-refractivity contribution in [1.29, 1.82) is 0 Å². The van der Waals surface area contributed by atoms with Crippen LogP contribution in [0.1, 0.15) is 44.2 Å². The second-order valence-electron chi connectivity index (χ2n) is 5.99. The summed E-state index contributed by atoms with van der Waals surface area (Å²) >= 11 is 0. The third kappa shape index (κ3) is 5.54. The van der Waals surface area contributed by atoms with Gasteiger partial charge >= 0.3 is 0 Å². The second kappa shape index (κ2) is 8.87. The van der Waals surface area contributed by atoms with Crippen molar-refractivity contribution in [3.8, 4) is 0 Å². The fourth-order valence-corrected chi connectivity index (χ4v) is 2.46. The third-order valence-electron chi connectivity index (χ3n) is 3.89. The molecular weight excluding hydrogens is 300 g/mol. The van der Waals surface area contributed by atoms with E-state index in [4.69, 9.17) is 0 Å². The van der Waals surface area contributed by atoms with Gasteiger partial charge in [-0.15, -0.1) is 0 Å². The average Bonchev–Trinajstić information content (AvgIpc) is 2.59. The first kappa shape index (κ1) is 17.7. The lowest BCUT2D eigenvalue weighted by Gasteiger charge is -2.14. The van der Waals surface area contributed by atoms with E-state index in [1.165, 1.54) is 31.4 Å². The summed E-state index contributed by atoms with van der Waals surface area (Å²) in [5.41, 5.74) is 3.28. The Kier molecular flexibility index (Phi) is 6.55. The number of nitro groups is 1. The van der Waals surface area contributed by atoms with Crippen molar-refractivity contribution < 1.29 is 4.92 Å². The summed E-state index contributed by atoms with van der Waals surface area (Å²) in [6, 6.07) is 15.3. The number of hydrogen-bond acceptors (Lipinski definition) is 3. The molecule has 2 aromatic carbocycles. The van der Waals surface area contributed by atoms with Crippen LogP contribution in [0, 0.1) is 10.1 Å². The van der Waals surface area contributed by atoms with Crippen molar-refractivity contribution in [2.45, 2.75) is 39.2 Å². The Balaban J connectivity index is 1.94. The summed E-state index contributed by atoms with van der Waals surface area (Å²) in [5.74, 6) is 0. The minimum absolute atomic E-state index is 0.111.